The van der Waals surface area contributed by atoms with Crippen molar-refractivity contribution in [3.63, 3.8) is 0 Å². The maximum absolute atomic E-state index is 5.30. The molecule has 0 fully saturated rings. The van der Waals surface area contributed by atoms with Crippen LogP contribution in [0.3, 0.4) is 0 Å². The van der Waals surface area contributed by atoms with Crippen LogP contribution in [0.1, 0.15) is 5.82 Å². The summed E-state index contributed by atoms with van der Waals surface area (Å²) in [7, 11) is 3.28. The van der Waals surface area contributed by atoms with Gasteiger partial charge in [-0.15, -0.1) is 0 Å². The van der Waals surface area contributed by atoms with Gasteiger partial charge in [0.05, 0.1) is 12.7 Å². The molecule has 0 aliphatic rings. The highest BCUT2D eigenvalue weighted by atomic mass is 16.5. The van der Waals surface area contributed by atoms with Crippen LogP contribution in [0.15, 0.2) is 6.07 Å². The topological polar surface area (TPSA) is 94.3 Å². The van der Waals surface area contributed by atoms with Gasteiger partial charge in [0.2, 0.25) is 0 Å². The first-order valence-electron chi connectivity index (χ1n) is 5.27. The summed E-state index contributed by atoms with van der Waals surface area (Å²) >= 11 is 0. The molecule has 0 spiro atoms. The number of hydrazine groups is 1. The third-order valence-electron chi connectivity index (χ3n) is 2.18. The number of hydrogen-bond acceptors (Lipinski definition) is 7. The minimum absolute atomic E-state index is 0.0236. The second kappa shape index (κ2) is 7.00. The zero-order valence-electron chi connectivity index (χ0n) is 10.4. The Morgan fingerprint density at radius 1 is 1.35 bits per heavy atom. The third kappa shape index (κ3) is 4.51. The van der Waals surface area contributed by atoms with Crippen molar-refractivity contribution in [3.05, 3.63) is 11.9 Å². The molecule has 1 aromatic rings. The smallest absolute Gasteiger partial charge is 0.145 e. The van der Waals surface area contributed by atoms with E-state index >= 15 is 0 Å². The van der Waals surface area contributed by atoms with Gasteiger partial charge in [0.1, 0.15) is 17.5 Å². The number of nitrogens with two attached hydrogens (primary N) is 1. The van der Waals surface area contributed by atoms with E-state index in [2.05, 4.69) is 20.7 Å². The predicted molar refractivity (Wildman–Crippen MR) is 65.7 cm³/mol. The van der Waals surface area contributed by atoms with E-state index in [-0.39, 0.29) is 6.10 Å². The molecule has 4 N–H and O–H groups in total. The lowest BCUT2D eigenvalue weighted by Gasteiger charge is -2.15. The molecular weight excluding hydrogens is 222 g/mol. The fourth-order valence-corrected chi connectivity index (χ4v) is 1.35. The largest absolute Gasteiger partial charge is 0.382 e. The van der Waals surface area contributed by atoms with Crippen molar-refractivity contribution in [2.75, 3.05) is 38.1 Å². The number of methoxy groups -OCH3 is 2. The Morgan fingerprint density at radius 2 is 2.06 bits per heavy atom. The van der Waals surface area contributed by atoms with E-state index < -0.39 is 0 Å². The van der Waals surface area contributed by atoms with E-state index in [1.807, 2.05) is 0 Å². The van der Waals surface area contributed by atoms with Crippen LogP contribution in [0.2, 0.25) is 0 Å². The predicted octanol–water partition coefficient (Wildman–Crippen LogP) is 0.144. The van der Waals surface area contributed by atoms with Crippen LogP contribution < -0.4 is 16.6 Å². The molecule has 0 aliphatic carbocycles. The van der Waals surface area contributed by atoms with Gasteiger partial charge in [0, 0.05) is 26.8 Å². The molecule has 1 aromatic heterocycles. The van der Waals surface area contributed by atoms with E-state index in [0.717, 1.165) is 0 Å². The first-order valence-corrected chi connectivity index (χ1v) is 5.27. The highest BCUT2D eigenvalue weighted by Gasteiger charge is 2.07. The number of ether oxygens (including phenoxy) is 2. The van der Waals surface area contributed by atoms with Crippen LogP contribution in [-0.2, 0) is 9.47 Å². The summed E-state index contributed by atoms with van der Waals surface area (Å²) in [5, 5.41) is 3.14. The summed E-state index contributed by atoms with van der Waals surface area (Å²) in [6.45, 7) is 2.93. The van der Waals surface area contributed by atoms with Crippen molar-refractivity contribution >= 4 is 11.6 Å². The zero-order valence-corrected chi connectivity index (χ0v) is 10.4. The van der Waals surface area contributed by atoms with Crippen molar-refractivity contribution in [1.82, 2.24) is 9.97 Å². The standard InChI is InChI=1S/C10H19N5O2/c1-7-13-9(4-10(14-7)15-11)12-5-8(17-3)6-16-2/h4,8H,5-6,11H2,1-3H3,(H2,12,13,14,15). The fraction of sp³-hybridized carbons (Fsp3) is 0.600. The Labute approximate surface area is 101 Å². The summed E-state index contributed by atoms with van der Waals surface area (Å²) in [6.07, 6.45) is -0.0236. The second-order valence-electron chi connectivity index (χ2n) is 3.52. The molecule has 0 saturated carbocycles. The Hall–Kier alpha value is -1.44. The molecule has 0 aliphatic heterocycles. The number of rotatable bonds is 7. The first kappa shape index (κ1) is 13.6. The molecule has 17 heavy (non-hydrogen) atoms. The normalized spacial score (nSPS) is 12.2. The average Bonchev–Trinajstić information content (AvgIpc) is 2.33. The van der Waals surface area contributed by atoms with Gasteiger partial charge in [-0.1, -0.05) is 0 Å². The average molecular weight is 241 g/mol. The SMILES string of the molecule is COCC(CNc1cc(NN)nc(C)n1)OC. The summed E-state index contributed by atoms with van der Waals surface area (Å²) in [5.74, 6) is 7.21. The van der Waals surface area contributed by atoms with E-state index in [0.29, 0.717) is 30.6 Å². The molecule has 0 saturated heterocycles. The highest BCUT2D eigenvalue weighted by Crippen LogP contribution is 2.09. The van der Waals surface area contributed by atoms with Crippen LogP contribution in [0.25, 0.3) is 0 Å². The third-order valence-corrected chi connectivity index (χ3v) is 2.18. The van der Waals surface area contributed by atoms with Crippen LogP contribution in [0, 0.1) is 6.92 Å². The van der Waals surface area contributed by atoms with Gasteiger partial charge >= 0.3 is 0 Å². The van der Waals surface area contributed by atoms with E-state index in [1.54, 1.807) is 27.2 Å². The van der Waals surface area contributed by atoms with Gasteiger partial charge in [-0.05, 0) is 6.92 Å². The second-order valence-corrected chi connectivity index (χ2v) is 3.52. The molecule has 0 amide bonds. The molecule has 0 bridgehead atoms. The van der Waals surface area contributed by atoms with Crippen LogP contribution in [-0.4, -0.2) is 43.4 Å². The molecule has 0 aromatic carbocycles. The van der Waals surface area contributed by atoms with Gasteiger partial charge in [0.25, 0.3) is 0 Å². The van der Waals surface area contributed by atoms with Gasteiger partial charge in [0.15, 0.2) is 0 Å². The fourth-order valence-electron chi connectivity index (χ4n) is 1.35. The van der Waals surface area contributed by atoms with Crippen molar-refractivity contribution in [3.8, 4) is 0 Å². The molecular formula is C10H19N5O2. The number of hydrogen-bond donors (Lipinski definition) is 3. The molecule has 1 unspecified atom stereocenters. The Kier molecular flexibility index (Phi) is 5.61. The lowest BCUT2D eigenvalue weighted by Crippen LogP contribution is -2.27. The lowest BCUT2D eigenvalue weighted by molar-refractivity contribution is 0.0365. The first-order chi connectivity index (χ1) is 8.19. The van der Waals surface area contributed by atoms with Crippen molar-refractivity contribution in [2.45, 2.75) is 13.0 Å². The zero-order chi connectivity index (χ0) is 12.7. The minimum atomic E-state index is -0.0236. The van der Waals surface area contributed by atoms with Crippen LogP contribution >= 0.6 is 0 Å². The Balaban J connectivity index is 2.58. The summed E-state index contributed by atoms with van der Waals surface area (Å²) in [6, 6.07) is 1.73. The molecule has 1 rings (SSSR count). The van der Waals surface area contributed by atoms with Crippen molar-refractivity contribution < 1.29 is 9.47 Å². The molecule has 1 atom stereocenters. The van der Waals surface area contributed by atoms with E-state index in [9.17, 15) is 0 Å². The molecule has 1 heterocycles. The molecule has 0 radical (unpaired) electrons. The minimum Gasteiger partial charge on any atom is -0.382 e. The molecule has 7 nitrogen and oxygen atoms in total. The number of nitrogens with zero attached hydrogens (tertiary/aromatic N) is 2. The van der Waals surface area contributed by atoms with Gasteiger partial charge < -0.3 is 20.2 Å². The number of nitrogens with one attached hydrogen (secondary N) is 2. The maximum atomic E-state index is 5.30. The molecule has 96 valence electrons. The number of aryl methyl sites for hydroxylation is 1. The quantitative estimate of drug-likeness (QED) is 0.462. The summed E-state index contributed by atoms with van der Waals surface area (Å²) in [5.41, 5.74) is 2.49. The van der Waals surface area contributed by atoms with Crippen molar-refractivity contribution in [1.29, 1.82) is 0 Å². The Bertz CT molecular complexity index is 347. The number of nitrogen functional groups attached to an aromatic ring is 1. The van der Waals surface area contributed by atoms with Gasteiger partial charge in [-0.2, -0.15) is 0 Å². The monoisotopic (exact) mass is 241 g/mol. The molecule has 7 heteroatoms. The van der Waals surface area contributed by atoms with Crippen LogP contribution in [0.4, 0.5) is 11.6 Å². The lowest BCUT2D eigenvalue weighted by atomic mass is 10.3. The Morgan fingerprint density at radius 3 is 2.65 bits per heavy atom. The summed E-state index contributed by atoms with van der Waals surface area (Å²) in [4.78, 5) is 8.33. The van der Waals surface area contributed by atoms with Gasteiger partial charge in [-0.3, -0.25) is 0 Å². The van der Waals surface area contributed by atoms with E-state index in [1.165, 1.54) is 0 Å². The number of anilines is 2. The van der Waals surface area contributed by atoms with Gasteiger partial charge in [-0.25, -0.2) is 15.8 Å². The maximum Gasteiger partial charge on any atom is 0.145 e. The van der Waals surface area contributed by atoms with Crippen LogP contribution in [0.5, 0.6) is 0 Å². The summed E-state index contributed by atoms with van der Waals surface area (Å²) < 4.78 is 10.2. The number of aromatic nitrogens is 2. The highest BCUT2D eigenvalue weighted by molar-refractivity contribution is 5.46. The van der Waals surface area contributed by atoms with Crippen molar-refractivity contribution in [2.24, 2.45) is 5.84 Å². The van der Waals surface area contributed by atoms with E-state index in [4.69, 9.17) is 15.3 Å².